The molecule has 3 heterocycles. The van der Waals surface area contributed by atoms with Crippen LogP contribution in [0.15, 0.2) is 0 Å². The lowest BCUT2D eigenvalue weighted by Gasteiger charge is -2.43. The molecule has 21 heavy (non-hydrogen) atoms. The van der Waals surface area contributed by atoms with Gasteiger partial charge >= 0.3 is 11.8 Å². The summed E-state index contributed by atoms with van der Waals surface area (Å²) >= 11 is 6.21. The minimum atomic E-state index is -0.451. The van der Waals surface area contributed by atoms with Gasteiger partial charge in [-0.25, -0.2) is 0 Å². The van der Waals surface area contributed by atoms with Gasteiger partial charge in [0.25, 0.3) is 0 Å². The van der Waals surface area contributed by atoms with Crippen LogP contribution in [0.25, 0.3) is 0 Å². The van der Waals surface area contributed by atoms with Crippen LogP contribution in [0.3, 0.4) is 0 Å². The third-order valence-corrected chi connectivity index (χ3v) is 4.60. The number of amides is 2. The van der Waals surface area contributed by atoms with E-state index in [0.717, 1.165) is 24.3 Å². The Hall–Kier alpha value is -1.60. The predicted octanol–water partition coefficient (Wildman–Crippen LogP) is -0.475. The minimum absolute atomic E-state index is 0.0414. The van der Waals surface area contributed by atoms with Gasteiger partial charge in [-0.3, -0.25) is 14.3 Å². The van der Waals surface area contributed by atoms with Crippen molar-refractivity contribution in [3.63, 3.8) is 0 Å². The summed E-state index contributed by atoms with van der Waals surface area (Å²) < 4.78 is 1.58. The molecule has 2 saturated heterocycles. The largest absolute Gasteiger partial charge is 0.328 e. The second-order valence-electron chi connectivity index (χ2n) is 5.52. The lowest BCUT2D eigenvalue weighted by Crippen LogP contribution is -2.65. The SMILES string of the molecule is Cc1nn(C)c(Cl)c1CN1CC2CNCCN2C(=O)C1=O. The smallest absolute Gasteiger partial charge is 0.312 e. The molecule has 0 spiro atoms. The number of halogens is 1. The summed E-state index contributed by atoms with van der Waals surface area (Å²) in [5, 5.41) is 8.01. The zero-order valence-corrected chi connectivity index (χ0v) is 12.9. The van der Waals surface area contributed by atoms with E-state index >= 15 is 0 Å². The van der Waals surface area contributed by atoms with Crippen molar-refractivity contribution >= 4 is 23.4 Å². The third kappa shape index (κ3) is 2.40. The first-order valence-electron chi connectivity index (χ1n) is 6.97. The standard InChI is InChI=1S/C13H18ClN5O2/c1-8-10(11(14)17(2)16-8)7-18-6-9-5-15-3-4-19(9)13(21)12(18)20/h9,15H,3-7H2,1-2H3. The number of aromatic nitrogens is 2. The summed E-state index contributed by atoms with van der Waals surface area (Å²) in [5.74, 6) is -0.863. The van der Waals surface area contributed by atoms with E-state index in [4.69, 9.17) is 11.6 Å². The first-order chi connectivity index (χ1) is 9.99. The van der Waals surface area contributed by atoms with Crippen molar-refractivity contribution in [1.82, 2.24) is 24.9 Å². The fourth-order valence-electron chi connectivity index (χ4n) is 2.97. The Morgan fingerprint density at radius 1 is 1.38 bits per heavy atom. The van der Waals surface area contributed by atoms with E-state index in [1.54, 1.807) is 21.5 Å². The molecule has 2 aliphatic rings. The summed E-state index contributed by atoms with van der Waals surface area (Å²) in [6.07, 6.45) is 0. The second kappa shape index (κ2) is 5.31. The second-order valence-corrected chi connectivity index (χ2v) is 5.88. The monoisotopic (exact) mass is 311 g/mol. The summed E-state index contributed by atoms with van der Waals surface area (Å²) in [5.41, 5.74) is 1.59. The third-order valence-electron chi connectivity index (χ3n) is 4.13. The van der Waals surface area contributed by atoms with Gasteiger partial charge in [0.15, 0.2) is 0 Å². The molecule has 0 aliphatic carbocycles. The van der Waals surface area contributed by atoms with E-state index in [0.29, 0.717) is 24.8 Å². The van der Waals surface area contributed by atoms with Crippen LogP contribution in [-0.2, 0) is 23.2 Å². The van der Waals surface area contributed by atoms with Crippen molar-refractivity contribution < 1.29 is 9.59 Å². The Bertz CT molecular complexity index is 600. The number of rotatable bonds is 2. The maximum absolute atomic E-state index is 12.3. The van der Waals surface area contributed by atoms with Gasteiger partial charge in [0, 0.05) is 38.8 Å². The molecule has 1 N–H and O–H groups in total. The van der Waals surface area contributed by atoms with E-state index in [1.165, 1.54) is 0 Å². The summed E-state index contributed by atoms with van der Waals surface area (Å²) in [7, 11) is 1.76. The van der Waals surface area contributed by atoms with Gasteiger partial charge in [-0.2, -0.15) is 5.10 Å². The number of piperazine rings is 2. The number of nitrogens with zero attached hydrogens (tertiary/aromatic N) is 4. The van der Waals surface area contributed by atoms with Crippen LogP contribution in [0.4, 0.5) is 0 Å². The highest BCUT2D eigenvalue weighted by Gasteiger charge is 2.40. The zero-order valence-electron chi connectivity index (χ0n) is 12.1. The van der Waals surface area contributed by atoms with Crippen molar-refractivity contribution in [1.29, 1.82) is 0 Å². The van der Waals surface area contributed by atoms with Crippen molar-refractivity contribution in [2.45, 2.75) is 19.5 Å². The molecule has 1 unspecified atom stereocenters. The molecule has 3 rings (SSSR count). The van der Waals surface area contributed by atoms with Gasteiger partial charge in [0.2, 0.25) is 0 Å². The van der Waals surface area contributed by atoms with Gasteiger partial charge < -0.3 is 15.1 Å². The van der Waals surface area contributed by atoms with Crippen LogP contribution in [0, 0.1) is 6.92 Å². The van der Waals surface area contributed by atoms with Gasteiger partial charge in [-0.1, -0.05) is 11.6 Å². The highest BCUT2D eigenvalue weighted by atomic mass is 35.5. The van der Waals surface area contributed by atoms with E-state index in [9.17, 15) is 9.59 Å². The molecule has 1 aromatic rings. The van der Waals surface area contributed by atoms with Crippen molar-refractivity contribution in [2.75, 3.05) is 26.2 Å². The van der Waals surface area contributed by atoms with Crippen molar-refractivity contribution in [3.8, 4) is 0 Å². The fraction of sp³-hybridized carbons (Fsp3) is 0.615. The molecular formula is C13H18ClN5O2. The normalized spacial score (nSPS) is 22.7. The van der Waals surface area contributed by atoms with Crippen LogP contribution in [0.1, 0.15) is 11.3 Å². The van der Waals surface area contributed by atoms with E-state index < -0.39 is 11.8 Å². The highest BCUT2D eigenvalue weighted by Crippen LogP contribution is 2.23. The molecule has 1 aromatic heterocycles. The minimum Gasteiger partial charge on any atom is -0.328 e. The topological polar surface area (TPSA) is 70.5 Å². The molecule has 2 fully saturated rings. The first kappa shape index (κ1) is 14.3. The average molecular weight is 312 g/mol. The average Bonchev–Trinajstić information content (AvgIpc) is 2.71. The van der Waals surface area contributed by atoms with Crippen LogP contribution in [0.5, 0.6) is 0 Å². The molecule has 114 valence electrons. The van der Waals surface area contributed by atoms with Gasteiger partial charge in [0.1, 0.15) is 5.15 Å². The summed E-state index contributed by atoms with van der Waals surface area (Å²) in [6, 6.07) is 0.0414. The number of hydrogen-bond acceptors (Lipinski definition) is 4. The Balaban J connectivity index is 1.82. The van der Waals surface area contributed by atoms with E-state index in [1.807, 2.05) is 6.92 Å². The van der Waals surface area contributed by atoms with Crippen LogP contribution in [-0.4, -0.2) is 63.6 Å². The Labute approximate surface area is 127 Å². The van der Waals surface area contributed by atoms with Gasteiger partial charge in [-0.15, -0.1) is 0 Å². The number of carbonyl (C=O) groups is 2. The summed E-state index contributed by atoms with van der Waals surface area (Å²) in [4.78, 5) is 27.7. The molecule has 2 aliphatic heterocycles. The van der Waals surface area contributed by atoms with Crippen LogP contribution in [0.2, 0.25) is 5.15 Å². The number of nitrogens with one attached hydrogen (secondary N) is 1. The number of hydrogen-bond donors (Lipinski definition) is 1. The quantitative estimate of drug-likeness (QED) is 0.749. The van der Waals surface area contributed by atoms with Crippen molar-refractivity contribution in [3.05, 3.63) is 16.4 Å². The molecule has 8 heteroatoms. The Morgan fingerprint density at radius 2 is 2.14 bits per heavy atom. The number of aryl methyl sites for hydroxylation is 2. The maximum atomic E-state index is 12.3. The molecular weight excluding hydrogens is 294 g/mol. The highest BCUT2D eigenvalue weighted by molar-refractivity contribution is 6.35. The van der Waals surface area contributed by atoms with E-state index in [-0.39, 0.29) is 6.04 Å². The predicted molar refractivity (Wildman–Crippen MR) is 76.7 cm³/mol. The lowest BCUT2D eigenvalue weighted by atomic mass is 10.1. The Kier molecular flexibility index (Phi) is 3.62. The molecule has 0 aromatic carbocycles. The molecule has 1 atom stereocenters. The number of carbonyl (C=O) groups excluding carboxylic acids is 2. The van der Waals surface area contributed by atoms with Crippen molar-refractivity contribution in [2.24, 2.45) is 7.05 Å². The Morgan fingerprint density at radius 3 is 2.81 bits per heavy atom. The first-order valence-corrected chi connectivity index (χ1v) is 7.35. The molecule has 0 saturated carbocycles. The van der Waals surface area contributed by atoms with Gasteiger partial charge in [-0.05, 0) is 6.92 Å². The number of fused-ring (bicyclic) bond motifs is 1. The van der Waals surface area contributed by atoms with E-state index in [2.05, 4.69) is 10.4 Å². The maximum Gasteiger partial charge on any atom is 0.312 e. The van der Waals surface area contributed by atoms with Crippen LogP contribution >= 0.6 is 11.6 Å². The lowest BCUT2D eigenvalue weighted by molar-refractivity contribution is -0.160. The molecule has 0 radical (unpaired) electrons. The molecule has 2 amide bonds. The molecule has 0 bridgehead atoms. The zero-order chi connectivity index (χ0) is 15.1. The van der Waals surface area contributed by atoms with Gasteiger partial charge in [0.05, 0.1) is 18.3 Å². The fourth-order valence-corrected chi connectivity index (χ4v) is 3.20. The molecule has 7 nitrogen and oxygen atoms in total. The van der Waals surface area contributed by atoms with Crippen LogP contribution < -0.4 is 5.32 Å². The summed E-state index contributed by atoms with van der Waals surface area (Å²) in [6.45, 7) is 4.76.